The van der Waals surface area contributed by atoms with Gasteiger partial charge in [0.1, 0.15) is 11.9 Å². The smallest absolute Gasteiger partial charge is 0.251 e. The molecule has 0 radical (unpaired) electrons. The molecule has 0 bridgehead atoms. The van der Waals surface area contributed by atoms with Gasteiger partial charge in [0.15, 0.2) is 0 Å². The van der Waals surface area contributed by atoms with Gasteiger partial charge >= 0.3 is 0 Å². The van der Waals surface area contributed by atoms with Crippen LogP contribution in [-0.2, 0) is 0 Å². The number of halogens is 1. The van der Waals surface area contributed by atoms with Crippen molar-refractivity contribution < 1.29 is 9.18 Å². The van der Waals surface area contributed by atoms with E-state index in [0.717, 1.165) is 5.56 Å². The Balaban J connectivity index is 1.76. The van der Waals surface area contributed by atoms with E-state index in [-0.39, 0.29) is 34.4 Å². The summed E-state index contributed by atoms with van der Waals surface area (Å²) in [6, 6.07) is 13.9. The Bertz CT molecular complexity index is 925. The van der Waals surface area contributed by atoms with Crippen molar-refractivity contribution in [3.8, 4) is 6.07 Å². The third kappa shape index (κ3) is 3.35. The van der Waals surface area contributed by atoms with E-state index in [1.165, 1.54) is 12.1 Å². The van der Waals surface area contributed by atoms with Gasteiger partial charge in [-0.05, 0) is 37.3 Å². The number of benzene rings is 2. The van der Waals surface area contributed by atoms with Crippen LogP contribution in [0.1, 0.15) is 49.2 Å². The highest BCUT2D eigenvalue weighted by Crippen LogP contribution is 2.55. The normalized spacial score (nSPS) is 21.9. The lowest BCUT2D eigenvalue weighted by molar-refractivity contribution is -0.0554. The molecule has 1 amide bonds. The number of nitriles is 1. The minimum atomic E-state index is -0.536. The van der Waals surface area contributed by atoms with Crippen LogP contribution < -0.4 is 10.6 Å². The third-order valence-corrected chi connectivity index (χ3v) is 5.97. The van der Waals surface area contributed by atoms with E-state index >= 15 is 0 Å². The molecular weight excluding hydrogens is 353 g/mol. The summed E-state index contributed by atoms with van der Waals surface area (Å²) in [7, 11) is 0. The molecule has 5 heteroatoms. The second kappa shape index (κ2) is 6.94. The molecule has 0 aliphatic heterocycles. The van der Waals surface area contributed by atoms with Gasteiger partial charge < -0.3 is 10.6 Å². The summed E-state index contributed by atoms with van der Waals surface area (Å²) >= 11 is 0. The Hall–Kier alpha value is -2.87. The first-order valence-electron chi connectivity index (χ1n) is 9.41. The van der Waals surface area contributed by atoms with Crippen LogP contribution in [0.4, 0.5) is 10.1 Å². The highest BCUT2D eigenvalue weighted by molar-refractivity contribution is 5.94. The van der Waals surface area contributed by atoms with Crippen molar-refractivity contribution in [1.82, 2.24) is 5.32 Å². The van der Waals surface area contributed by atoms with E-state index in [0.29, 0.717) is 11.3 Å². The maximum atomic E-state index is 14.0. The Labute approximate surface area is 165 Å². The summed E-state index contributed by atoms with van der Waals surface area (Å²) in [6.45, 7) is 10.4. The zero-order valence-electron chi connectivity index (χ0n) is 16.9. The predicted molar refractivity (Wildman–Crippen MR) is 109 cm³/mol. The molecule has 2 N–H and O–H groups in total. The number of carbonyl (C=O) groups excluding carboxylic acids is 1. The van der Waals surface area contributed by atoms with E-state index in [2.05, 4.69) is 38.3 Å². The van der Waals surface area contributed by atoms with Crippen molar-refractivity contribution in [2.24, 2.45) is 10.8 Å². The Morgan fingerprint density at radius 3 is 2.18 bits per heavy atom. The molecule has 1 saturated carbocycles. The van der Waals surface area contributed by atoms with Gasteiger partial charge in [0.25, 0.3) is 5.91 Å². The number of nitrogens with zero attached hydrogens (tertiary/aromatic N) is 1. The van der Waals surface area contributed by atoms with Gasteiger partial charge in [-0.1, -0.05) is 45.4 Å². The van der Waals surface area contributed by atoms with Crippen LogP contribution in [0.2, 0.25) is 0 Å². The fourth-order valence-electron chi connectivity index (χ4n) is 4.68. The first kappa shape index (κ1) is 19.9. The molecule has 146 valence electrons. The van der Waals surface area contributed by atoms with Gasteiger partial charge in [0.05, 0.1) is 5.56 Å². The molecule has 0 saturated heterocycles. The fourth-order valence-corrected chi connectivity index (χ4v) is 4.68. The van der Waals surface area contributed by atoms with Crippen molar-refractivity contribution in [3.05, 3.63) is 65.0 Å². The third-order valence-electron chi connectivity index (χ3n) is 5.97. The molecular formula is C23H26FN3O. The number of aryl methyl sites for hydroxylation is 1. The second-order valence-electron chi connectivity index (χ2n) is 8.80. The van der Waals surface area contributed by atoms with Crippen molar-refractivity contribution in [2.75, 3.05) is 5.32 Å². The van der Waals surface area contributed by atoms with Crippen molar-refractivity contribution >= 4 is 11.6 Å². The average Bonchev–Trinajstić information content (AvgIpc) is 2.64. The molecule has 28 heavy (non-hydrogen) atoms. The highest BCUT2D eigenvalue weighted by Gasteiger charge is 2.62. The molecule has 3 rings (SSSR count). The summed E-state index contributed by atoms with van der Waals surface area (Å²) in [5.41, 5.74) is 1.93. The second-order valence-corrected chi connectivity index (χ2v) is 8.80. The molecule has 1 fully saturated rings. The Morgan fingerprint density at radius 2 is 1.64 bits per heavy atom. The summed E-state index contributed by atoms with van der Waals surface area (Å²) in [4.78, 5) is 12.7. The molecule has 2 aromatic carbocycles. The van der Waals surface area contributed by atoms with Crippen LogP contribution >= 0.6 is 0 Å². The number of rotatable bonds is 4. The topological polar surface area (TPSA) is 64.9 Å². The first-order chi connectivity index (χ1) is 13.1. The maximum Gasteiger partial charge on any atom is 0.251 e. The van der Waals surface area contributed by atoms with E-state index in [1.807, 2.05) is 37.3 Å². The van der Waals surface area contributed by atoms with Gasteiger partial charge in [-0.25, -0.2) is 4.39 Å². The van der Waals surface area contributed by atoms with Crippen LogP contribution in [0.3, 0.4) is 0 Å². The lowest BCUT2D eigenvalue weighted by Crippen LogP contribution is -2.75. The van der Waals surface area contributed by atoms with Gasteiger partial charge in [0, 0.05) is 34.2 Å². The molecule has 2 aromatic rings. The molecule has 0 unspecified atom stereocenters. The van der Waals surface area contributed by atoms with Crippen molar-refractivity contribution in [2.45, 2.75) is 46.7 Å². The minimum absolute atomic E-state index is 0.0238. The highest BCUT2D eigenvalue weighted by atomic mass is 19.1. The lowest BCUT2D eigenvalue weighted by atomic mass is 9.48. The van der Waals surface area contributed by atoms with Gasteiger partial charge in [-0.3, -0.25) is 4.79 Å². The van der Waals surface area contributed by atoms with Crippen LogP contribution in [0.25, 0.3) is 0 Å². The molecule has 1 aliphatic carbocycles. The Morgan fingerprint density at radius 1 is 1.04 bits per heavy atom. The fraction of sp³-hybridized carbons (Fsp3) is 0.391. The number of carbonyl (C=O) groups is 1. The number of hydrogen-bond donors (Lipinski definition) is 2. The van der Waals surface area contributed by atoms with E-state index < -0.39 is 5.82 Å². The molecule has 0 atom stereocenters. The maximum absolute atomic E-state index is 14.0. The molecule has 0 heterocycles. The van der Waals surface area contributed by atoms with Crippen LogP contribution in [0.15, 0.2) is 42.5 Å². The zero-order valence-corrected chi connectivity index (χ0v) is 16.9. The summed E-state index contributed by atoms with van der Waals surface area (Å²) in [5.74, 6) is -0.624. The lowest BCUT2D eigenvalue weighted by Gasteiger charge is -2.64. The first-order valence-corrected chi connectivity index (χ1v) is 9.41. The van der Waals surface area contributed by atoms with E-state index in [4.69, 9.17) is 5.26 Å². The summed E-state index contributed by atoms with van der Waals surface area (Å²) < 4.78 is 14.0. The number of anilines is 1. The monoisotopic (exact) mass is 379 g/mol. The standard InChI is InChI=1S/C23H26FN3O/c1-14-6-8-15(9-7-14)19(28)27-21-22(2,3)20(23(21,4)5)26-17-11-10-16(13-25)18(24)12-17/h6-12,20-21,26H,1-5H3,(H,27,28). The number of amides is 1. The largest absolute Gasteiger partial charge is 0.381 e. The average molecular weight is 379 g/mol. The molecule has 1 aliphatic rings. The quantitative estimate of drug-likeness (QED) is 0.813. The Kier molecular flexibility index (Phi) is 4.93. The predicted octanol–water partition coefficient (Wildman–Crippen LogP) is 4.65. The summed E-state index contributed by atoms with van der Waals surface area (Å²) in [5, 5.41) is 15.5. The zero-order chi connectivity index (χ0) is 20.7. The van der Waals surface area contributed by atoms with Gasteiger partial charge in [-0.15, -0.1) is 0 Å². The number of nitrogens with one attached hydrogen (secondary N) is 2. The van der Waals surface area contributed by atoms with Crippen LogP contribution in [-0.4, -0.2) is 18.0 Å². The van der Waals surface area contributed by atoms with Crippen LogP contribution in [0.5, 0.6) is 0 Å². The summed E-state index contributed by atoms with van der Waals surface area (Å²) in [6.07, 6.45) is 0. The van der Waals surface area contributed by atoms with E-state index in [1.54, 1.807) is 6.07 Å². The SMILES string of the molecule is Cc1ccc(C(=O)NC2C(C)(C)C(Nc3ccc(C#N)c(F)c3)C2(C)C)cc1. The molecule has 0 spiro atoms. The minimum Gasteiger partial charge on any atom is -0.381 e. The molecule has 4 nitrogen and oxygen atoms in total. The van der Waals surface area contributed by atoms with E-state index in [9.17, 15) is 9.18 Å². The van der Waals surface area contributed by atoms with Gasteiger partial charge in [-0.2, -0.15) is 5.26 Å². The number of hydrogen-bond acceptors (Lipinski definition) is 3. The van der Waals surface area contributed by atoms with Crippen LogP contribution in [0, 0.1) is 34.9 Å². The molecule has 0 aromatic heterocycles. The van der Waals surface area contributed by atoms with Crippen molar-refractivity contribution in [1.29, 1.82) is 5.26 Å². The van der Waals surface area contributed by atoms with Crippen molar-refractivity contribution in [3.63, 3.8) is 0 Å². The van der Waals surface area contributed by atoms with Gasteiger partial charge in [0.2, 0.25) is 0 Å².